The van der Waals surface area contributed by atoms with Crippen LogP contribution in [0.1, 0.15) is 18.5 Å². The minimum Gasteiger partial charge on any atom is -0.493 e. The van der Waals surface area contributed by atoms with E-state index in [4.69, 9.17) is 9.47 Å². The highest BCUT2D eigenvalue weighted by Crippen LogP contribution is 2.32. The summed E-state index contributed by atoms with van der Waals surface area (Å²) in [6.45, 7) is 2.60. The second kappa shape index (κ2) is 7.37. The predicted octanol–water partition coefficient (Wildman–Crippen LogP) is 1.39. The van der Waals surface area contributed by atoms with E-state index in [0.29, 0.717) is 18.8 Å². The van der Waals surface area contributed by atoms with Crippen LogP contribution in [0.4, 0.5) is 9.18 Å². The lowest BCUT2D eigenvalue weighted by Gasteiger charge is -2.32. The molecule has 1 N–H and O–H groups in total. The fourth-order valence-corrected chi connectivity index (χ4v) is 2.49. The van der Waals surface area contributed by atoms with Crippen LogP contribution in [0, 0.1) is 5.82 Å². The summed E-state index contributed by atoms with van der Waals surface area (Å²) < 4.78 is 24.5. The van der Waals surface area contributed by atoms with Crippen molar-refractivity contribution in [2.75, 3.05) is 40.9 Å². The van der Waals surface area contributed by atoms with Crippen LogP contribution in [0.15, 0.2) is 12.1 Å². The van der Waals surface area contributed by atoms with Gasteiger partial charge in [-0.25, -0.2) is 9.18 Å². The van der Waals surface area contributed by atoms with E-state index in [9.17, 15) is 14.0 Å². The molecule has 132 valence electrons. The molecule has 2 rings (SSSR count). The van der Waals surface area contributed by atoms with Crippen molar-refractivity contribution in [1.82, 2.24) is 15.1 Å². The highest BCUT2D eigenvalue weighted by molar-refractivity contribution is 5.85. The Bertz CT molecular complexity index is 638. The fourth-order valence-electron chi connectivity index (χ4n) is 2.49. The second-order valence-corrected chi connectivity index (χ2v) is 5.64. The molecule has 3 amide bonds. The number of likely N-dealkylation sites (N-methyl/N-ethyl adjacent to an activating group) is 1. The zero-order chi connectivity index (χ0) is 17.9. The van der Waals surface area contributed by atoms with Gasteiger partial charge in [0.1, 0.15) is 12.4 Å². The number of ether oxygens (including phenoxy) is 2. The third kappa shape index (κ3) is 3.69. The van der Waals surface area contributed by atoms with E-state index in [1.807, 2.05) is 0 Å². The molecule has 1 fully saturated rings. The smallest absolute Gasteiger partial charge is 0.318 e. The van der Waals surface area contributed by atoms with Gasteiger partial charge in [0.05, 0.1) is 20.3 Å². The molecule has 1 aliphatic heterocycles. The molecule has 0 aromatic heterocycles. The quantitative estimate of drug-likeness (QED) is 0.900. The van der Waals surface area contributed by atoms with Crippen molar-refractivity contribution in [1.29, 1.82) is 0 Å². The Labute approximate surface area is 140 Å². The van der Waals surface area contributed by atoms with Crippen molar-refractivity contribution in [3.63, 3.8) is 0 Å². The standard InChI is InChI=1S/C16H22FN3O4/c1-10(11-7-13(23-3)14(24-4)8-12(11)17)18-16(22)20-6-5-19(2)15(21)9-20/h7-8,10H,5-6,9H2,1-4H3,(H,18,22)/t10-/m0/s1. The maximum atomic E-state index is 14.2. The monoisotopic (exact) mass is 339 g/mol. The number of hydrogen-bond acceptors (Lipinski definition) is 4. The summed E-state index contributed by atoms with van der Waals surface area (Å²) in [5.41, 5.74) is 0.279. The van der Waals surface area contributed by atoms with E-state index in [2.05, 4.69) is 5.32 Å². The molecule has 1 saturated heterocycles. The fraction of sp³-hybridized carbons (Fsp3) is 0.500. The number of hydrogen-bond donors (Lipinski definition) is 1. The summed E-state index contributed by atoms with van der Waals surface area (Å²) in [6, 6.07) is 1.72. The molecule has 8 heteroatoms. The lowest BCUT2D eigenvalue weighted by molar-refractivity contribution is -0.133. The molecule has 7 nitrogen and oxygen atoms in total. The summed E-state index contributed by atoms with van der Waals surface area (Å²) >= 11 is 0. The van der Waals surface area contributed by atoms with E-state index in [1.54, 1.807) is 18.9 Å². The average Bonchev–Trinajstić information content (AvgIpc) is 2.56. The summed E-state index contributed by atoms with van der Waals surface area (Å²) in [4.78, 5) is 27.0. The first-order chi connectivity index (χ1) is 11.4. The number of urea groups is 1. The number of nitrogens with zero attached hydrogens (tertiary/aromatic N) is 2. The Morgan fingerprint density at radius 2 is 1.88 bits per heavy atom. The van der Waals surface area contributed by atoms with E-state index in [-0.39, 0.29) is 23.8 Å². The zero-order valence-electron chi connectivity index (χ0n) is 14.3. The number of carbonyl (C=O) groups is 2. The van der Waals surface area contributed by atoms with Gasteiger partial charge in [-0.1, -0.05) is 0 Å². The normalized spacial score (nSPS) is 16.0. The Morgan fingerprint density at radius 3 is 2.46 bits per heavy atom. The lowest BCUT2D eigenvalue weighted by Crippen LogP contribution is -2.53. The first-order valence-electron chi connectivity index (χ1n) is 7.58. The molecule has 0 saturated carbocycles. The van der Waals surface area contributed by atoms with Gasteiger partial charge >= 0.3 is 6.03 Å². The topological polar surface area (TPSA) is 71.1 Å². The van der Waals surface area contributed by atoms with Gasteiger partial charge in [0, 0.05) is 31.8 Å². The number of piperazine rings is 1. The van der Waals surface area contributed by atoms with Crippen LogP contribution in [0.5, 0.6) is 11.5 Å². The molecule has 0 spiro atoms. The number of benzene rings is 1. The minimum atomic E-state index is -0.591. The summed E-state index contributed by atoms with van der Waals surface area (Å²) in [5.74, 6) is 0.0305. The van der Waals surface area contributed by atoms with E-state index in [1.165, 1.54) is 31.3 Å². The van der Waals surface area contributed by atoms with Gasteiger partial charge in [-0.3, -0.25) is 4.79 Å². The SMILES string of the molecule is COc1cc(F)c([C@H](C)NC(=O)N2CCN(C)C(=O)C2)cc1OC. The van der Waals surface area contributed by atoms with Gasteiger partial charge in [-0.2, -0.15) is 0 Å². The van der Waals surface area contributed by atoms with Crippen molar-refractivity contribution < 1.29 is 23.5 Å². The molecule has 24 heavy (non-hydrogen) atoms. The third-order valence-corrected chi connectivity index (χ3v) is 4.05. The van der Waals surface area contributed by atoms with Crippen LogP contribution in [-0.4, -0.2) is 62.6 Å². The summed E-state index contributed by atoms with van der Waals surface area (Å²) in [5, 5.41) is 2.71. The van der Waals surface area contributed by atoms with Gasteiger partial charge in [0.25, 0.3) is 0 Å². The number of carbonyl (C=O) groups excluding carboxylic acids is 2. The Morgan fingerprint density at radius 1 is 1.25 bits per heavy atom. The van der Waals surface area contributed by atoms with Crippen LogP contribution < -0.4 is 14.8 Å². The van der Waals surface area contributed by atoms with Gasteiger partial charge in [-0.15, -0.1) is 0 Å². The Kier molecular flexibility index (Phi) is 5.48. The van der Waals surface area contributed by atoms with Crippen LogP contribution in [0.3, 0.4) is 0 Å². The molecule has 1 aromatic rings. The van der Waals surface area contributed by atoms with Crippen molar-refractivity contribution in [3.8, 4) is 11.5 Å². The molecule has 1 aliphatic rings. The molecule has 0 bridgehead atoms. The van der Waals surface area contributed by atoms with Gasteiger partial charge in [0.15, 0.2) is 11.5 Å². The van der Waals surface area contributed by atoms with Crippen molar-refractivity contribution in [2.45, 2.75) is 13.0 Å². The number of methoxy groups -OCH3 is 2. The van der Waals surface area contributed by atoms with Crippen molar-refractivity contribution in [3.05, 3.63) is 23.5 Å². The number of amides is 3. The highest BCUT2D eigenvalue weighted by Gasteiger charge is 2.26. The molecule has 1 heterocycles. The van der Waals surface area contributed by atoms with Gasteiger partial charge in [-0.05, 0) is 13.0 Å². The molecule has 0 aliphatic carbocycles. The van der Waals surface area contributed by atoms with E-state index >= 15 is 0 Å². The molecule has 0 radical (unpaired) electrons. The first-order valence-corrected chi connectivity index (χ1v) is 7.58. The number of rotatable bonds is 4. The molecular weight excluding hydrogens is 317 g/mol. The average molecular weight is 339 g/mol. The number of nitrogens with one attached hydrogen (secondary N) is 1. The summed E-state index contributed by atoms with van der Waals surface area (Å²) in [6.07, 6.45) is 0. The van der Waals surface area contributed by atoms with E-state index in [0.717, 1.165) is 0 Å². The predicted molar refractivity (Wildman–Crippen MR) is 85.7 cm³/mol. The van der Waals surface area contributed by atoms with Gasteiger partial charge < -0.3 is 24.6 Å². The second-order valence-electron chi connectivity index (χ2n) is 5.64. The minimum absolute atomic E-state index is 0.0173. The Hall–Kier alpha value is -2.51. The van der Waals surface area contributed by atoms with E-state index < -0.39 is 17.9 Å². The van der Waals surface area contributed by atoms with Crippen molar-refractivity contribution >= 4 is 11.9 Å². The first kappa shape index (κ1) is 17.8. The molecule has 1 atom stereocenters. The number of halogens is 1. The molecular formula is C16H22FN3O4. The van der Waals surface area contributed by atoms with Crippen LogP contribution >= 0.6 is 0 Å². The molecule has 0 unspecified atom stereocenters. The van der Waals surface area contributed by atoms with Crippen LogP contribution in [-0.2, 0) is 4.79 Å². The van der Waals surface area contributed by atoms with Crippen LogP contribution in [0.2, 0.25) is 0 Å². The third-order valence-electron chi connectivity index (χ3n) is 4.05. The zero-order valence-corrected chi connectivity index (χ0v) is 14.3. The van der Waals surface area contributed by atoms with Gasteiger partial charge in [0.2, 0.25) is 5.91 Å². The highest BCUT2D eigenvalue weighted by atomic mass is 19.1. The summed E-state index contributed by atoms with van der Waals surface area (Å²) in [7, 11) is 4.57. The Balaban J connectivity index is 2.10. The van der Waals surface area contributed by atoms with Crippen molar-refractivity contribution in [2.24, 2.45) is 0 Å². The molecule has 1 aromatic carbocycles. The largest absolute Gasteiger partial charge is 0.493 e. The maximum Gasteiger partial charge on any atom is 0.318 e. The maximum absolute atomic E-state index is 14.2. The van der Waals surface area contributed by atoms with Crippen LogP contribution in [0.25, 0.3) is 0 Å². The lowest BCUT2D eigenvalue weighted by atomic mass is 10.1.